The van der Waals surface area contributed by atoms with Crippen molar-refractivity contribution in [3.05, 3.63) is 33.6 Å². The Kier molecular flexibility index (Phi) is 5.39. The highest BCUT2D eigenvalue weighted by Crippen LogP contribution is 2.46. The molecule has 5 heterocycles. The van der Waals surface area contributed by atoms with Crippen LogP contribution in [-0.4, -0.2) is 55.7 Å². The molecule has 0 radical (unpaired) electrons. The molecule has 1 amide bonds. The maximum Gasteiger partial charge on any atom is 0.278 e. The first-order chi connectivity index (χ1) is 16.8. The molecule has 3 aliphatic rings. The van der Waals surface area contributed by atoms with E-state index in [9.17, 15) is 4.79 Å². The second-order valence-electron chi connectivity index (χ2n) is 10.3. The molecule has 0 aromatic carbocycles. The Bertz CT molecular complexity index is 1310. The molecule has 6 rings (SSSR count). The van der Waals surface area contributed by atoms with Crippen LogP contribution in [0, 0.1) is 0 Å². The van der Waals surface area contributed by atoms with Gasteiger partial charge in [0, 0.05) is 42.8 Å². The van der Waals surface area contributed by atoms with Gasteiger partial charge in [0.2, 0.25) is 5.95 Å². The van der Waals surface area contributed by atoms with Crippen LogP contribution in [-0.2, 0) is 29.5 Å². The Morgan fingerprint density at radius 2 is 2.17 bits per heavy atom. The molecule has 0 bridgehead atoms. The summed E-state index contributed by atoms with van der Waals surface area (Å²) in [5.74, 6) is -0.0510. The number of nitrogens with two attached hydrogens (primary N) is 1. The first-order valence-electron chi connectivity index (χ1n) is 12.1. The average molecular weight is 495 g/mol. The number of nitrogens with one attached hydrogen (secondary N) is 1. The molecule has 11 heteroatoms. The van der Waals surface area contributed by atoms with Crippen molar-refractivity contribution >= 4 is 28.3 Å². The number of carbonyl (C=O) groups is 1. The molecule has 3 aromatic rings. The van der Waals surface area contributed by atoms with Gasteiger partial charge in [-0.3, -0.25) is 10.1 Å². The van der Waals surface area contributed by atoms with Crippen molar-refractivity contribution < 1.29 is 9.53 Å². The predicted molar refractivity (Wildman–Crippen MR) is 133 cm³/mol. The quantitative estimate of drug-likeness (QED) is 0.569. The van der Waals surface area contributed by atoms with E-state index in [1.165, 1.54) is 4.88 Å². The van der Waals surface area contributed by atoms with Gasteiger partial charge in [-0.25, -0.2) is 19.6 Å². The highest BCUT2D eigenvalue weighted by Gasteiger charge is 2.42. The summed E-state index contributed by atoms with van der Waals surface area (Å²) in [6, 6.07) is 0. The largest absolute Gasteiger partial charge is 0.368 e. The summed E-state index contributed by atoms with van der Waals surface area (Å²) in [5, 5.41) is 8.54. The van der Waals surface area contributed by atoms with Crippen LogP contribution >= 0.6 is 11.3 Å². The van der Waals surface area contributed by atoms with Crippen LogP contribution in [0.25, 0.3) is 11.4 Å². The standard InChI is InChI=1S/C24H30N8O2S/c1-24(2)10-13-11-26-22(25)28-18(13)20-17(24)19(30-32(20)16-6-4-5-9-34-16)21(33)29-23-27-14-7-8-31(3)12-15(14)35-23/h11,16H,4-10,12H2,1-3H3,(H2,25,26,28)(H,27,29,33). The first-order valence-corrected chi connectivity index (χ1v) is 13.0. The van der Waals surface area contributed by atoms with E-state index >= 15 is 0 Å². The van der Waals surface area contributed by atoms with Crippen LogP contribution in [0.4, 0.5) is 11.1 Å². The number of ether oxygens (including phenoxy) is 1. The Morgan fingerprint density at radius 3 is 2.97 bits per heavy atom. The third-order valence-electron chi connectivity index (χ3n) is 7.11. The molecule has 3 aromatic heterocycles. The number of likely N-dealkylation sites (N-methyl/N-ethyl adjacent to an activating group) is 1. The monoisotopic (exact) mass is 494 g/mol. The van der Waals surface area contributed by atoms with Crippen molar-refractivity contribution in [1.29, 1.82) is 0 Å². The molecule has 10 nitrogen and oxygen atoms in total. The molecule has 3 N–H and O–H groups in total. The van der Waals surface area contributed by atoms with Crippen molar-refractivity contribution in [3.8, 4) is 11.4 Å². The summed E-state index contributed by atoms with van der Waals surface area (Å²) < 4.78 is 7.96. The van der Waals surface area contributed by atoms with Gasteiger partial charge >= 0.3 is 0 Å². The van der Waals surface area contributed by atoms with Crippen LogP contribution in [0.2, 0.25) is 0 Å². The van der Waals surface area contributed by atoms with Gasteiger partial charge in [0.15, 0.2) is 17.1 Å². The molecule has 1 atom stereocenters. The van der Waals surface area contributed by atoms with Gasteiger partial charge in [-0.05, 0) is 43.7 Å². The smallest absolute Gasteiger partial charge is 0.278 e. The van der Waals surface area contributed by atoms with E-state index < -0.39 is 0 Å². The lowest BCUT2D eigenvalue weighted by Crippen LogP contribution is -2.30. The van der Waals surface area contributed by atoms with Crippen molar-refractivity contribution in [1.82, 2.24) is 29.6 Å². The zero-order valence-corrected chi connectivity index (χ0v) is 21.1. The van der Waals surface area contributed by atoms with Gasteiger partial charge in [-0.1, -0.05) is 13.8 Å². The molecular formula is C24H30N8O2S. The number of thiazole rings is 1. The van der Waals surface area contributed by atoms with Crippen molar-refractivity contribution in [2.75, 3.05) is 31.2 Å². The molecule has 1 aliphatic carbocycles. The molecule has 1 unspecified atom stereocenters. The molecule has 1 saturated heterocycles. The summed E-state index contributed by atoms with van der Waals surface area (Å²) in [7, 11) is 2.10. The van der Waals surface area contributed by atoms with Gasteiger partial charge in [0.05, 0.1) is 17.1 Å². The number of hydrogen-bond acceptors (Lipinski definition) is 9. The van der Waals surface area contributed by atoms with Crippen LogP contribution in [0.3, 0.4) is 0 Å². The number of nitrogen functional groups attached to an aromatic ring is 1. The lowest BCUT2D eigenvalue weighted by molar-refractivity contribution is -0.0386. The highest BCUT2D eigenvalue weighted by molar-refractivity contribution is 7.15. The zero-order chi connectivity index (χ0) is 24.3. The fraction of sp³-hybridized carbons (Fsp3) is 0.542. The number of fused-ring (bicyclic) bond motifs is 4. The molecule has 0 saturated carbocycles. The van der Waals surface area contributed by atoms with Crippen LogP contribution < -0.4 is 11.1 Å². The lowest BCUT2D eigenvalue weighted by atomic mass is 9.73. The summed E-state index contributed by atoms with van der Waals surface area (Å²) in [6.07, 6.45) is 6.02. The van der Waals surface area contributed by atoms with Gasteiger partial charge < -0.3 is 15.4 Å². The van der Waals surface area contributed by atoms with Crippen molar-refractivity contribution in [2.24, 2.45) is 0 Å². The van der Waals surface area contributed by atoms with E-state index in [0.29, 0.717) is 23.9 Å². The van der Waals surface area contributed by atoms with Crippen molar-refractivity contribution in [3.63, 3.8) is 0 Å². The molecule has 0 spiro atoms. The van der Waals surface area contributed by atoms with Gasteiger partial charge in [0.25, 0.3) is 5.91 Å². The maximum atomic E-state index is 13.7. The maximum absolute atomic E-state index is 13.7. The van der Waals surface area contributed by atoms with E-state index in [1.807, 2.05) is 4.68 Å². The van der Waals surface area contributed by atoms with E-state index in [1.54, 1.807) is 17.5 Å². The average Bonchev–Trinajstić information content (AvgIpc) is 3.42. The van der Waals surface area contributed by atoms with Gasteiger partial charge in [0.1, 0.15) is 0 Å². The van der Waals surface area contributed by atoms with Crippen LogP contribution in [0.5, 0.6) is 0 Å². The van der Waals surface area contributed by atoms with Crippen LogP contribution in [0.15, 0.2) is 6.20 Å². The van der Waals surface area contributed by atoms with Crippen LogP contribution in [0.1, 0.15) is 71.5 Å². The molecule has 184 valence electrons. The Hall–Kier alpha value is -2.89. The van der Waals surface area contributed by atoms with E-state index in [-0.39, 0.29) is 23.5 Å². The van der Waals surface area contributed by atoms with E-state index in [4.69, 9.17) is 20.6 Å². The lowest BCUT2D eigenvalue weighted by Gasteiger charge is -2.33. The van der Waals surface area contributed by atoms with Gasteiger partial charge in [-0.15, -0.1) is 11.3 Å². The number of amides is 1. The third kappa shape index (κ3) is 3.91. The predicted octanol–water partition coefficient (Wildman–Crippen LogP) is 3.15. The number of anilines is 2. The summed E-state index contributed by atoms with van der Waals surface area (Å²) in [4.78, 5) is 30.7. The molecule has 35 heavy (non-hydrogen) atoms. The molecule has 1 fully saturated rings. The SMILES string of the molecule is CN1CCc2nc(NC(=O)c3nn(C4CCCCO4)c4c3C(C)(C)Cc3cnc(N)nc3-4)sc2C1. The Morgan fingerprint density at radius 1 is 1.31 bits per heavy atom. The second-order valence-corrected chi connectivity index (χ2v) is 11.4. The van der Waals surface area contributed by atoms with E-state index in [2.05, 4.69) is 41.1 Å². The Labute approximate surface area is 207 Å². The number of aromatic nitrogens is 5. The summed E-state index contributed by atoms with van der Waals surface area (Å²) >= 11 is 1.54. The number of rotatable bonds is 3. The van der Waals surface area contributed by atoms with Crippen molar-refractivity contribution in [2.45, 2.75) is 64.1 Å². The normalized spacial score (nSPS) is 21.2. The summed E-state index contributed by atoms with van der Waals surface area (Å²) in [6.45, 7) is 6.77. The van der Waals surface area contributed by atoms with E-state index in [0.717, 1.165) is 67.0 Å². The fourth-order valence-corrected chi connectivity index (χ4v) is 6.52. The molecular weight excluding hydrogens is 464 g/mol. The Balaban J connectivity index is 1.45. The first kappa shape index (κ1) is 22.6. The number of carbonyl (C=O) groups excluding carboxylic acids is 1. The zero-order valence-electron chi connectivity index (χ0n) is 20.3. The summed E-state index contributed by atoms with van der Waals surface area (Å²) in [5.41, 5.74) is 10.5. The topological polar surface area (TPSA) is 124 Å². The minimum Gasteiger partial charge on any atom is -0.368 e. The highest BCUT2D eigenvalue weighted by atomic mass is 32.1. The number of hydrogen-bond donors (Lipinski definition) is 2. The number of nitrogens with zero attached hydrogens (tertiary/aromatic N) is 6. The minimum absolute atomic E-state index is 0.205. The fourth-order valence-electron chi connectivity index (χ4n) is 5.44. The van der Waals surface area contributed by atoms with Gasteiger partial charge in [-0.2, -0.15) is 5.10 Å². The third-order valence-corrected chi connectivity index (χ3v) is 8.11. The minimum atomic E-state index is -0.355. The molecule has 2 aliphatic heterocycles. The second kappa shape index (κ2) is 8.35.